The third kappa shape index (κ3) is 5.22. The molecule has 0 bridgehead atoms. The van der Waals surface area contributed by atoms with Crippen molar-refractivity contribution in [2.75, 3.05) is 6.26 Å². The minimum atomic E-state index is -3.56. The van der Waals surface area contributed by atoms with Gasteiger partial charge in [0.25, 0.3) is 5.91 Å². The zero-order valence-electron chi connectivity index (χ0n) is 17.8. The summed E-state index contributed by atoms with van der Waals surface area (Å²) in [6.45, 7) is 1.71. The molecule has 1 aromatic carbocycles. The van der Waals surface area contributed by atoms with Crippen molar-refractivity contribution in [3.8, 4) is 17.3 Å². The zero-order chi connectivity index (χ0) is 24.5. The van der Waals surface area contributed by atoms with E-state index in [1.807, 2.05) is 0 Å². The van der Waals surface area contributed by atoms with Gasteiger partial charge in [-0.3, -0.25) is 9.78 Å². The number of halogens is 2. The molecular weight excluding hydrogens is 501 g/mol. The van der Waals surface area contributed by atoms with E-state index in [0.29, 0.717) is 22.4 Å². The second kappa shape index (κ2) is 9.45. The van der Waals surface area contributed by atoms with Crippen LogP contribution in [-0.2, 0) is 9.84 Å². The summed E-state index contributed by atoms with van der Waals surface area (Å²) in [5.41, 5.74) is 0.521. The minimum Gasteiger partial charge on any atom is -0.342 e. The number of hydrogen-bond donors (Lipinski definition) is 1. The number of rotatable bonds is 6. The molecule has 10 nitrogen and oxygen atoms in total. The molecular formula is C21H17Cl2N7O3S. The third-order valence-electron chi connectivity index (χ3n) is 4.65. The first-order valence-corrected chi connectivity index (χ1v) is 12.4. The Labute approximate surface area is 204 Å². The zero-order valence-corrected chi connectivity index (χ0v) is 20.2. The predicted molar refractivity (Wildman–Crippen MR) is 126 cm³/mol. The van der Waals surface area contributed by atoms with Gasteiger partial charge in [0.2, 0.25) is 5.82 Å². The van der Waals surface area contributed by atoms with Crippen LogP contribution in [0.4, 0.5) is 0 Å². The molecule has 0 saturated heterocycles. The van der Waals surface area contributed by atoms with E-state index in [9.17, 15) is 13.2 Å². The van der Waals surface area contributed by atoms with Gasteiger partial charge in [0.05, 0.1) is 22.2 Å². The van der Waals surface area contributed by atoms with Crippen LogP contribution in [0.2, 0.25) is 10.0 Å². The lowest BCUT2D eigenvalue weighted by Crippen LogP contribution is -2.29. The molecule has 0 saturated carbocycles. The summed E-state index contributed by atoms with van der Waals surface area (Å²) in [5.74, 6) is 0.516. The Morgan fingerprint density at radius 1 is 1.06 bits per heavy atom. The number of amides is 1. The van der Waals surface area contributed by atoms with Crippen molar-refractivity contribution in [3.63, 3.8) is 0 Å². The SMILES string of the molecule is CC(NC(=O)c1cc(Cl)cc(S(C)(=O)=O)c1)c1nc(-c2cnccn2)nn1-c1ccc(Cl)cn1. The number of nitrogens with one attached hydrogen (secondary N) is 1. The van der Waals surface area contributed by atoms with Gasteiger partial charge in [-0.25, -0.2) is 23.4 Å². The Hall–Kier alpha value is -3.41. The van der Waals surface area contributed by atoms with E-state index < -0.39 is 21.8 Å². The molecule has 3 aromatic heterocycles. The van der Waals surface area contributed by atoms with Gasteiger partial charge in [-0.05, 0) is 37.3 Å². The molecule has 13 heteroatoms. The molecule has 4 rings (SSSR count). The van der Waals surface area contributed by atoms with Crippen LogP contribution in [0.1, 0.15) is 29.1 Å². The van der Waals surface area contributed by atoms with Crippen LogP contribution in [0.5, 0.6) is 0 Å². The number of pyridine rings is 1. The van der Waals surface area contributed by atoms with Gasteiger partial charge in [0.1, 0.15) is 5.69 Å². The second-order valence-electron chi connectivity index (χ2n) is 7.27. The maximum absolute atomic E-state index is 13.0. The highest BCUT2D eigenvalue weighted by molar-refractivity contribution is 7.90. The maximum Gasteiger partial charge on any atom is 0.251 e. The minimum absolute atomic E-state index is 0.0590. The van der Waals surface area contributed by atoms with Crippen molar-refractivity contribution in [3.05, 3.63) is 76.6 Å². The molecule has 0 aliphatic carbocycles. The first kappa shape index (κ1) is 23.7. The van der Waals surface area contributed by atoms with Gasteiger partial charge in [0, 0.05) is 35.4 Å². The summed E-state index contributed by atoms with van der Waals surface area (Å²) in [4.78, 5) is 30.0. The average molecular weight is 518 g/mol. The number of nitrogens with zero attached hydrogens (tertiary/aromatic N) is 6. The number of carbonyl (C=O) groups excluding carboxylic acids is 1. The largest absolute Gasteiger partial charge is 0.342 e. The van der Waals surface area contributed by atoms with Crippen LogP contribution in [-0.4, -0.2) is 50.3 Å². The first-order chi connectivity index (χ1) is 16.1. The Kier molecular flexibility index (Phi) is 6.60. The van der Waals surface area contributed by atoms with E-state index in [0.717, 1.165) is 6.26 Å². The summed E-state index contributed by atoms with van der Waals surface area (Å²) in [6.07, 6.45) is 7.06. The fraction of sp³-hybridized carbons (Fsp3) is 0.143. The van der Waals surface area contributed by atoms with Crippen molar-refractivity contribution >= 4 is 38.9 Å². The number of carbonyl (C=O) groups is 1. The van der Waals surface area contributed by atoms with Gasteiger partial charge < -0.3 is 5.32 Å². The molecule has 0 fully saturated rings. The first-order valence-electron chi connectivity index (χ1n) is 9.78. The van der Waals surface area contributed by atoms with E-state index in [4.69, 9.17) is 23.2 Å². The van der Waals surface area contributed by atoms with Gasteiger partial charge >= 0.3 is 0 Å². The highest BCUT2D eigenvalue weighted by atomic mass is 35.5. The Bertz CT molecular complexity index is 1460. The van der Waals surface area contributed by atoms with E-state index >= 15 is 0 Å². The molecule has 1 amide bonds. The van der Waals surface area contributed by atoms with E-state index in [1.165, 1.54) is 47.7 Å². The van der Waals surface area contributed by atoms with Crippen LogP contribution in [0.3, 0.4) is 0 Å². The number of hydrogen-bond acceptors (Lipinski definition) is 8. The standard InChI is InChI=1S/C21H17Cl2N7O3S/c1-12(27-21(31)13-7-15(23)9-16(8-13)34(2,32)33)20-28-19(17-11-24-5-6-25-17)29-30(20)18-4-3-14(22)10-26-18/h3-12H,1-2H3,(H,27,31). The van der Waals surface area contributed by atoms with E-state index in [2.05, 4.69) is 30.4 Å². The van der Waals surface area contributed by atoms with Gasteiger partial charge in [-0.1, -0.05) is 23.2 Å². The van der Waals surface area contributed by atoms with Crippen molar-refractivity contribution in [2.24, 2.45) is 0 Å². The van der Waals surface area contributed by atoms with Crippen molar-refractivity contribution in [2.45, 2.75) is 17.9 Å². The molecule has 1 atom stereocenters. The van der Waals surface area contributed by atoms with Gasteiger partial charge in [-0.15, -0.1) is 5.10 Å². The fourth-order valence-electron chi connectivity index (χ4n) is 3.04. The highest BCUT2D eigenvalue weighted by Crippen LogP contribution is 2.23. The number of sulfone groups is 1. The van der Waals surface area contributed by atoms with Gasteiger partial charge in [-0.2, -0.15) is 4.68 Å². The van der Waals surface area contributed by atoms with Crippen LogP contribution < -0.4 is 5.32 Å². The molecule has 174 valence electrons. The normalized spacial score (nSPS) is 12.4. The van der Waals surface area contributed by atoms with E-state index in [-0.39, 0.29) is 21.3 Å². The monoisotopic (exact) mass is 517 g/mol. The molecule has 0 radical (unpaired) electrons. The fourth-order valence-corrected chi connectivity index (χ4v) is 4.14. The average Bonchev–Trinajstić information content (AvgIpc) is 3.25. The summed E-state index contributed by atoms with van der Waals surface area (Å²) in [5, 5.41) is 7.86. The quantitative estimate of drug-likeness (QED) is 0.411. The van der Waals surface area contributed by atoms with Crippen LogP contribution in [0.15, 0.2) is 60.0 Å². The summed E-state index contributed by atoms with van der Waals surface area (Å²) < 4.78 is 25.3. The van der Waals surface area contributed by atoms with Crippen molar-refractivity contribution in [1.29, 1.82) is 0 Å². The molecule has 0 aliphatic heterocycles. The molecule has 34 heavy (non-hydrogen) atoms. The highest BCUT2D eigenvalue weighted by Gasteiger charge is 2.23. The smallest absolute Gasteiger partial charge is 0.251 e. The Balaban J connectivity index is 1.71. The Morgan fingerprint density at radius 2 is 1.85 bits per heavy atom. The maximum atomic E-state index is 13.0. The second-order valence-corrected chi connectivity index (χ2v) is 10.2. The van der Waals surface area contributed by atoms with Gasteiger partial charge in [0.15, 0.2) is 21.5 Å². The van der Waals surface area contributed by atoms with E-state index in [1.54, 1.807) is 19.1 Å². The predicted octanol–water partition coefficient (Wildman–Crippen LogP) is 3.32. The molecule has 3 heterocycles. The topological polar surface area (TPSA) is 133 Å². The van der Waals surface area contributed by atoms with Crippen LogP contribution in [0.25, 0.3) is 17.3 Å². The number of benzene rings is 1. The van der Waals surface area contributed by atoms with Crippen LogP contribution in [0, 0.1) is 0 Å². The lowest BCUT2D eigenvalue weighted by atomic mass is 10.2. The molecule has 0 spiro atoms. The van der Waals surface area contributed by atoms with Crippen LogP contribution >= 0.6 is 23.2 Å². The Morgan fingerprint density at radius 3 is 2.50 bits per heavy atom. The lowest BCUT2D eigenvalue weighted by Gasteiger charge is -2.15. The third-order valence-corrected chi connectivity index (χ3v) is 6.18. The summed E-state index contributed by atoms with van der Waals surface area (Å²) in [7, 11) is -3.56. The molecule has 1 N–H and O–H groups in total. The summed E-state index contributed by atoms with van der Waals surface area (Å²) in [6, 6.07) is 6.58. The summed E-state index contributed by atoms with van der Waals surface area (Å²) >= 11 is 12.0. The lowest BCUT2D eigenvalue weighted by molar-refractivity contribution is 0.0937. The molecule has 1 unspecified atom stereocenters. The molecule has 4 aromatic rings. The van der Waals surface area contributed by atoms with Crippen molar-refractivity contribution in [1.82, 2.24) is 35.0 Å². The van der Waals surface area contributed by atoms with Crippen molar-refractivity contribution < 1.29 is 13.2 Å². The molecule has 0 aliphatic rings. The number of aromatic nitrogens is 6.